The van der Waals surface area contributed by atoms with Crippen LogP contribution in [0.3, 0.4) is 0 Å². The molecule has 25 heavy (non-hydrogen) atoms. The fourth-order valence-corrected chi connectivity index (χ4v) is 5.84. The molecule has 2 N–H and O–H groups in total. The third-order valence-corrected chi connectivity index (χ3v) is 6.81. The third-order valence-electron chi connectivity index (χ3n) is 3.29. The molecule has 0 aliphatic carbocycles. The van der Waals surface area contributed by atoms with E-state index < -0.39 is 0 Å². The molecular formula is C17H14N6Se2. The van der Waals surface area contributed by atoms with Gasteiger partial charge in [0.15, 0.2) is 0 Å². The average Bonchev–Trinajstić information content (AvgIpc) is 3.27. The summed E-state index contributed by atoms with van der Waals surface area (Å²) >= 11 is 0.230. The van der Waals surface area contributed by atoms with Crippen molar-refractivity contribution in [1.29, 1.82) is 0 Å². The number of nitrogens with zero attached hydrogens (tertiary/aromatic N) is 4. The Morgan fingerprint density at radius 2 is 1.04 bits per heavy atom. The molecule has 8 heteroatoms. The van der Waals surface area contributed by atoms with E-state index in [1.54, 1.807) is 0 Å². The van der Waals surface area contributed by atoms with Crippen LogP contribution in [0.5, 0.6) is 0 Å². The van der Waals surface area contributed by atoms with E-state index in [-0.39, 0.29) is 29.0 Å². The summed E-state index contributed by atoms with van der Waals surface area (Å²) < 4.78 is 4.04. The van der Waals surface area contributed by atoms with Gasteiger partial charge < -0.3 is 0 Å². The van der Waals surface area contributed by atoms with Crippen LogP contribution in [0.2, 0.25) is 0 Å². The van der Waals surface area contributed by atoms with Crippen LogP contribution in [0.1, 0.15) is 9.14 Å². The van der Waals surface area contributed by atoms with Crippen molar-refractivity contribution in [2.24, 2.45) is 0 Å². The summed E-state index contributed by atoms with van der Waals surface area (Å²) in [6.45, 7) is 0. The van der Waals surface area contributed by atoms with Gasteiger partial charge in [-0.15, -0.1) is 0 Å². The van der Waals surface area contributed by atoms with E-state index in [0.29, 0.717) is 0 Å². The van der Waals surface area contributed by atoms with Gasteiger partial charge in [0.05, 0.1) is 0 Å². The van der Waals surface area contributed by atoms with E-state index in [1.807, 2.05) is 60.7 Å². The van der Waals surface area contributed by atoms with Gasteiger partial charge in [-0.1, -0.05) is 0 Å². The molecule has 0 radical (unpaired) electrons. The molecule has 0 saturated heterocycles. The molecule has 2 aromatic carbocycles. The fourth-order valence-electron chi connectivity index (χ4n) is 2.17. The van der Waals surface area contributed by atoms with Crippen LogP contribution in [0.15, 0.2) is 60.7 Å². The molecule has 0 aliphatic rings. The summed E-state index contributed by atoms with van der Waals surface area (Å²) in [6, 6.07) is 20.1. The Morgan fingerprint density at radius 1 is 0.600 bits per heavy atom. The van der Waals surface area contributed by atoms with Gasteiger partial charge >= 0.3 is 157 Å². The van der Waals surface area contributed by atoms with Crippen molar-refractivity contribution in [3.05, 3.63) is 69.8 Å². The first kappa shape index (κ1) is 16.2. The van der Waals surface area contributed by atoms with Gasteiger partial charge in [0, 0.05) is 0 Å². The zero-order valence-electron chi connectivity index (χ0n) is 13.1. The van der Waals surface area contributed by atoms with E-state index in [0.717, 1.165) is 36.3 Å². The van der Waals surface area contributed by atoms with Gasteiger partial charge in [0.1, 0.15) is 0 Å². The van der Waals surface area contributed by atoms with Crippen LogP contribution in [0.4, 0.5) is 20.8 Å². The van der Waals surface area contributed by atoms with Gasteiger partial charge in [-0.3, -0.25) is 0 Å². The molecule has 2 aromatic heterocycles. The van der Waals surface area contributed by atoms with Crippen LogP contribution >= 0.6 is 0 Å². The molecule has 4 rings (SSSR count). The van der Waals surface area contributed by atoms with E-state index in [9.17, 15) is 0 Å². The van der Waals surface area contributed by atoms with Crippen LogP contribution < -0.4 is 10.6 Å². The number of hydrogen-bond acceptors (Lipinski definition) is 6. The van der Waals surface area contributed by atoms with Crippen molar-refractivity contribution in [1.82, 2.24) is 20.4 Å². The fraction of sp³-hybridized carbons (Fsp3) is 0.0588. The van der Waals surface area contributed by atoms with Crippen molar-refractivity contribution < 1.29 is 0 Å². The zero-order chi connectivity index (χ0) is 16.9. The molecule has 0 atom stereocenters. The van der Waals surface area contributed by atoms with Crippen molar-refractivity contribution in [3.63, 3.8) is 0 Å². The molecule has 0 saturated carbocycles. The number of aromatic nitrogens is 4. The molecule has 0 fully saturated rings. The minimum absolute atomic E-state index is 0.115. The molecule has 0 spiro atoms. The summed E-state index contributed by atoms with van der Waals surface area (Å²) in [7, 11) is 0. The van der Waals surface area contributed by atoms with E-state index in [4.69, 9.17) is 0 Å². The quantitative estimate of drug-likeness (QED) is 0.431. The summed E-state index contributed by atoms with van der Waals surface area (Å²) in [6.07, 6.45) is 0.757. The number of benzene rings is 2. The SMILES string of the molecule is c1ccc(Nc2nnc(Cc3nnc(Nc4ccccc4)[se]3)[se]2)cc1. The Hall–Kier alpha value is -2.24. The number of anilines is 4. The normalized spacial score (nSPS) is 10.6. The van der Waals surface area contributed by atoms with E-state index in [2.05, 4.69) is 31.0 Å². The molecule has 6 nitrogen and oxygen atoms in total. The molecule has 2 heterocycles. The molecule has 124 valence electrons. The van der Waals surface area contributed by atoms with Crippen molar-refractivity contribution in [2.75, 3.05) is 10.6 Å². The predicted octanol–water partition coefficient (Wildman–Crippen LogP) is 2.46. The van der Waals surface area contributed by atoms with Crippen LogP contribution in [-0.4, -0.2) is 49.4 Å². The van der Waals surface area contributed by atoms with Gasteiger partial charge in [0.2, 0.25) is 0 Å². The molecule has 0 bridgehead atoms. The zero-order valence-corrected chi connectivity index (χ0v) is 16.5. The third kappa shape index (κ3) is 4.44. The maximum absolute atomic E-state index is 4.31. The Bertz CT molecular complexity index is 858. The van der Waals surface area contributed by atoms with Gasteiger partial charge in [0.25, 0.3) is 0 Å². The maximum atomic E-state index is 4.31. The van der Waals surface area contributed by atoms with Crippen molar-refractivity contribution in [2.45, 2.75) is 6.42 Å². The van der Waals surface area contributed by atoms with Gasteiger partial charge in [-0.2, -0.15) is 0 Å². The monoisotopic (exact) mass is 462 g/mol. The van der Waals surface area contributed by atoms with E-state index in [1.165, 1.54) is 0 Å². The van der Waals surface area contributed by atoms with Crippen LogP contribution in [-0.2, 0) is 6.42 Å². The van der Waals surface area contributed by atoms with Gasteiger partial charge in [-0.25, -0.2) is 0 Å². The summed E-state index contributed by atoms with van der Waals surface area (Å²) in [5.41, 5.74) is 2.08. The first-order valence-electron chi connectivity index (χ1n) is 7.64. The summed E-state index contributed by atoms with van der Waals surface area (Å²) in [5.74, 6) is 0. The standard InChI is InChI=1S/C17H14N6Se2/c1-3-7-12(8-4-1)18-16-22-20-14(24-16)11-15-21-23-17(25-15)19-13-9-5-2-6-10-13/h1-10H,11H2,(H,18,22)(H,19,23). The molecule has 4 aromatic rings. The number of para-hydroxylation sites is 2. The second-order valence-corrected chi connectivity index (χ2v) is 9.62. The average molecular weight is 460 g/mol. The molecule has 0 unspecified atom stereocenters. The minimum atomic E-state index is 0.115. The van der Waals surface area contributed by atoms with Crippen molar-refractivity contribution in [3.8, 4) is 0 Å². The summed E-state index contributed by atoms with van der Waals surface area (Å²) in [5, 5.41) is 23.8. The van der Waals surface area contributed by atoms with Crippen molar-refractivity contribution >= 4 is 49.8 Å². The molecular weight excluding hydrogens is 446 g/mol. The first-order valence-corrected chi connectivity index (χ1v) is 11.1. The predicted molar refractivity (Wildman–Crippen MR) is 100 cm³/mol. The van der Waals surface area contributed by atoms with Crippen LogP contribution in [0.25, 0.3) is 0 Å². The van der Waals surface area contributed by atoms with Gasteiger partial charge in [-0.05, 0) is 0 Å². The number of rotatable bonds is 6. The Kier molecular flexibility index (Phi) is 5.04. The number of nitrogens with one attached hydrogen (secondary N) is 2. The first-order chi connectivity index (χ1) is 12.3. The second-order valence-electron chi connectivity index (χ2n) is 5.16. The topological polar surface area (TPSA) is 75.6 Å². The number of hydrogen-bond donors (Lipinski definition) is 2. The molecule has 0 amide bonds. The summed E-state index contributed by atoms with van der Waals surface area (Å²) in [4.78, 5) is 0. The second kappa shape index (κ2) is 7.76. The Balaban J connectivity index is 1.39. The van der Waals surface area contributed by atoms with Crippen LogP contribution in [0, 0.1) is 0 Å². The Labute approximate surface area is 156 Å². The Morgan fingerprint density at radius 3 is 1.48 bits per heavy atom. The van der Waals surface area contributed by atoms with E-state index >= 15 is 0 Å². The molecule has 0 aliphatic heterocycles.